The van der Waals surface area contributed by atoms with Gasteiger partial charge in [-0.25, -0.2) is 0 Å². The molecular formula is C20H30N2O4. The molecule has 0 bridgehead atoms. The van der Waals surface area contributed by atoms with E-state index in [-0.39, 0.29) is 5.92 Å². The summed E-state index contributed by atoms with van der Waals surface area (Å²) >= 11 is 0. The molecule has 6 nitrogen and oxygen atoms in total. The van der Waals surface area contributed by atoms with Crippen LogP contribution in [0.5, 0.6) is 5.75 Å². The number of carboxylic acid groups (broad SMARTS) is 1. The van der Waals surface area contributed by atoms with Crippen LogP contribution in [-0.2, 0) is 16.1 Å². The fraction of sp³-hybridized carbons (Fsp3) is 0.650. The van der Waals surface area contributed by atoms with Crippen molar-refractivity contribution in [3.05, 3.63) is 29.8 Å². The van der Waals surface area contributed by atoms with Crippen LogP contribution in [0, 0.1) is 5.92 Å². The molecule has 0 aliphatic carbocycles. The van der Waals surface area contributed by atoms with E-state index in [1.54, 1.807) is 0 Å². The van der Waals surface area contributed by atoms with Crippen LogP contribution >= 0.6 is 0 Å². The van der Waals surface area contributed by atoms with Crippen molar-refractivity contribution in [1.82, 2.24) is 9.80 Å². The van der Waals surface area contributed by atoms with Crippen LogP contribution in [-0.4, -0.2) is 73.4 Å². The van der Waals surface area contributed by atoms with Gasteiger partial charge in [-0.15, -0.1) is 0 Å². The van der Waals surface area contributed by atoms with Gasteiger partial charge in [-0.05, 0) is 31.9 Å². The highest BCUT2D eigenvalue weighted by atomic mass is 16.5. The van der Waals surface area contributed by atoms with Gasteiger partial charge in [0.1, 0.15) is 5.75 Å². The number of para-hydroxylation sites is 1. The molecule has 144 valence electrons. The van der Waals surface area contributed by atoms with Crippen molar-refractivity contribution in [2.75, 3.05) is 52.5 Å². The first-order valence-corrected chi connectivity index (χ1v) is 9.68. The largest absolute Gasteiger partial charge is 0.493 e. The number of likely N-dealkylation sites (tertiary alicyclic amines) is 1. The smallest absolute Gasteiger partial charge is 0.307 e. The number of aliphatic carboxylic acids is 1. The van der Waals surface area contributed by atoms with E-state index in [2.05, 4.69) is 15.9 Å². The summed E-state index contributed by atoms with van der Waals surface area (Å²) in [5.41, 5.74) is 1.14. The number of nitrogens with zero attached hydrogens (tertiary/aromatic N) is 2. The van der Waals surface area contributed by atoms with Crippen molar-refractivity contribution in [1.29, 1.82) is 0 Å². The number of ether oxygens (including phenoxy) is 2. The molecule has 2 fully saturated rings. The maximum atomic E-state index is 11.3. The van der Waals surface area contributed by atoms with Crippen LogP contribution in [0.2, 0.25) is 0 Å². The van der Waals surface area contributed by atoms with Gasteiger partial charge in [0.15, 0.2) is 0 Å². The van der Waals surface area contributed by atoms with Crippen molar-refractivity contribution in [3.63, 3.8) is 0 Å². The Morgan fingerprint density at radius 1 is 1.19 bits per heavy atom. The van der Waals surface area contributed by atoms with Crippen molar-refractivity contribution in [2.45, 2.75) is 25.8 Å². The molecule has 0 unspecified atom stereocenters. The van der Waals surface area contributed by atoms with E-state index < -0.39 is 5.97 Å². The van der Waals surface area contributed by atoms with Crippen molar-refractivity contribution < 1.29 is 19.4 Å². The van der Waals surface area contributed by atoms with E-state index >= 15 is 0 Å². The summed E-state index contributed by atoms with van der Waals surface area (Å²) in [4.78, 5) is 15.9. The van der Waals surface area contributed by atoms with E-state index in [9.17, 15) is 9.90 Å². The van der Waals surface area contributed by atoms with E-state index in [0.29, 0.717) is 13.2 Å². The van der Waals surface area contributed by atoms with Crippen molar-refractivity contribution in [2.24, 2.45) is 5.92 Å². The summed E-state index contributed by atoms with van der Waals surface area (Å²) < 4.78 is 11.4. The molecule has 0 amide bonds. The predicted octanol–water partition coefficient (Wildman–Crippen LogP) is 2.08. The van der Waals surface area contributed by atoms with Crippen LogP contribution in [0.15, 0.2) is 24.3 Å². The fourth-order valence-corrected chi connectivity index (χ4v) is 3.71. The highest BCUT2D eigenvalue weighted by Gasteiger charge is 2.25. The van der Waals surface area contributed by atoms with E-state index in [0.717, 1.165) is 76.5 Å². The molecule has 0 saturated carbocycles. The zero-order valence-electron chi connectivity index (χ0n) is 15.4. The highest BCUT2D eigenvalue weighted by molar-refractivity contribution is 5.70. The number of hydrogen-bond donors (Lipinski definition) is 1. The van der Waals surface area contributed by atoms with Gasteiger partial charge in [-0.3, -0.25) is 14.6 Å². The van der Waals surface area contributed by atoms with Crippen molar-refractivity contribution >= 4 is 5.97 Å². The molecule has 1 atom stereocenters. The molecule has 6 heteroatoms. The van der Waals surface area contributed by atoms with Gasteiger partial charge in [0.05, 0.1) is 25.7 Å². The first kappa shape index (κ1) is 19.1. The zero-order valence-corrected chi connectivity index (χ0v) is 15.4. The number of piperidine rings is 1. The zero-order chi connectivity index (χ0) is 18.2. The molecule has 1 aromatic carbocycles. The molecule has 0 radical (unpaired) electrons. The standard InChI is InChI=1S/C20H30N2O4/c23-20(24)18-6-3-8-22(16-18)15-17-5-1-2-7-19(17)26-12-4-9-21-10-13-25-14-11-21/h1-2,5,7,18H,3-4,6,8-16H2,(H,23,24)/t18-/m0/s1. The van der Waals surface area contributed by atoms with E-state index in [4.69, 9.17) is 9.47 Å². The minimum absolute atomic E-state index is 0.245. The quantitative estimate of drug-likeness (QED) is 0.715. The minimum Gasteiger partial charge on any atom is -0.493 e. The summed E-state index contributed by atoms with van der Waals surface area (Å²) in [5.74, 6) is -0.000345. The second kappa shape index (κ2) is 9.90. The molecule has 3 rings (SSSR count). The topological polar surface area (TPSA) is 62.2 Å². The Bertz CT molecular complexity index is 575. The Hall–Kier alpha value is -1.63. The summed E-state index contributed by atoms with van der Waals surface area (Å²) in [7, 11) is 0. The Morgan fingerprint density at radius 3 is 2.81 bits per heavy atom. The number of carbonyl (C=O) groups is 1. The molecule has 1 N–H and O–H groups in total. The monoisotopic (exact) mass is 362 g/mol. The van der Waals surface area contributed by atoms with Gasteiger partial charge < -0.3 is 14.6 Å². The Morgan fingerprint density at radius 2 is 2.00 bits per heavy atom. The Labute approximate surface area is 155 Å². The Balaban J connectivity index is 1.47. The third kappa shape index (κ3) is 5.69. The molecule has 2 heterocycles. The van der Waals surface area contributed by atoms with E-state index in [1.165, 1.54) is 0 Å². The van der Waals surface area contributed by atoms with Gasteiger partial charge in [0.25, 0.3) is 0 Å². The van der Waals surface area contributed by atoms with Crippen LogP contribution in [0.4, 0.5) is 0 Å². The van der Waals surface area contributed by atoms with Crippen LogP contribution in [0.1, 0.15) is 24.8 Å². The summed E-state index contributed by atoms with van der Waals surface area (Å²) in [6.45, 7) is 7.75. The SMILES string of the molecule is O=C(O)[C@H]1CCCN(Cc2ccccc2OCCCN2CCOCC2)C1. The molecule has 2 saturated heterocycles. The number of benzene rings is 1. The van der Waals surface area contributed by atoms with Gasteiger partial charge in [0.2, 0.25) is 0 Å². The first-order valence-electron chi connectivity index (χ1n) is 9.68. The summed E-state index contributed by atoms with van der Waals surface area (Å²) in [5, 5.41) is 9.26. The van der Waals surface area contributed by atoms with Crippen LogP contribution < -0.4 is 4.74 Å². The molecule has 0 spiro atoms. The third-order valence-electron chi connectivity index (χ3n) is 5.20. The maximum absolute atomic E-state index is 11.3. The number of hydrogen-bond acceptors (Lipinski definition) is 5. The molecule has 26 heavy (non-hydrogen) atoms. The summed E-state index contributed by atoms with van der Waals surface area (Å²) in [6.07, 6.45) is 2.73. The van der Waals surface area contributed by atoms with Gasteiger partial charge in [-0.2, -0.15) is 0 Å². The molecule has 0 aromatic heterocycles. The molecule has 1 aromatic rings. The lowest BCUT2D eigenvalue weighted by molar-refractivity contribution is -0.143. The van der Waals surface area contributed by atoms with Gasteiger partial charge >= 0.3 is 5.97 Å². The second-order valence-electron chi connectivity index (χ2n) is 7.18. The first-order chi connectivity index (χ1) is 12.7. The fourth-order valence-electron chi connectivity index (χ4n) is 3.71. The molecule has 2 aliphatic rings. The average Bonchev–Trinajstić information content (AvgIpc) is 2.67. The lowest BCUT2D eigenvalue weighted by Crippen LogP contribution is -2.38. The second-order valence-corrected chi connectivity index (χ2v) is 7.18. The molecular weight excluding hydrogens is 332 g/mol. The third-order valence-corrected chi connectivity index (χ3v) is 5.20. The van der Waals surface area contributed by atoms with Gasteiger partial charge in [-0.1, -0.05) is 18.2 Å². The lowest BCUT2D eigenvalue weighted by Gasteiger charge is -2.31. The van der Waals surface area contributed by atoms with Crippen LogP contribution in [0.3, 0.4) is 0 Å². The number of rotatable bonds is 8. The number of carboxylic acids is 1. The lowest BCUT2D eigenvalue weighted by atomic mass is 9.98. The normalized spacial score (nSPS) is 22.2. The Kier molecular flexibility index (Phi) is 7.29. The minimum atomic E-state index is -0.678. The van der Waals surface area contributed by atoms with Crippen molar-refractivity contribution in [3.8, 4) is 5.75 Å². The average molecular weight is 362 g/mol. The predicted molar refractivity (Wildman–Crippen MR) is 99.4 cm³/mol. The highest BCUT2D eigenvalue weighted by Crippen LogP contribution is 2.24. The van der Waals surface area contributed by atoms with E-state index in [1.807, 2.05) is 18.2 Å². The van der Waals surface area contributed by atoms with Gasteiger partial charge in [0, 0.05) is 38.3 Å². The number of morpholine rings is 1. The molecule has 2 aliphatic heterocycles. The maximum Gasteiger partial charge on any atom is 0.307 e. The van der Waals surface area contributed by atoms with Crippen LogP contribution in [0.25, 0.3) is 0 Å². The summed E-state index contributed by atoms with van der Waals surface area (Å²) in [6, 6.07) is 8.12.